The minimum atomic E-state index is -4.70. The van der Waals surface area contributed by atoms with Crippen molar-refractivity contribution in [1.29, 1.82) is 0 Å². The summed E-state index contributed by atoms with van der Waals surface area (Å²) < 4.78 is 71.5. The summed E-state index contributed by atoms with van der Waals surface area (Å²) in [4.78, 5) is 13.0. The molecule has 1 amide bonds. The number of amides is 1. The highest BCUT2D eigenvalue weighted by atomic mass is 35.5. The molecule has 1 aromatic carbocycles. The van der Waals surface area contributed by atoms with E-state index in [0.29, 0.717) is 12.1 Å². The Morgan fingerprint density at radius 2 is 1.89 bits per heavy atom. The first-order chi connectivity index (χ1) is 12.6. The summed E-state index contributed by atoms with van der Waals surface area (Å²) in [5, 5.41) is -0.324. The van der Waals surface area contributed by atoms with Crippen LogP contribution in [0.5, 0.6) is 0 Å². The van der Waals surface area contributed by atoms with Crippen molar-refractivity contribution in [2.24, 2.45) is 0 Å². The van der Waals surface area contributed by atoms with Gasteiger partial charge in [0, 0.05) is 18.6 Å². The van der Waals surface area contributed by atoms with E-state index in [1.807, 2.05) is 0 Å². The number of alkyl halides is 3. The number of sulfonamides is 1. The van der Waals surface area contributed by atoms with E-state index in [2.05, 4.69) is 4.72 Å². The normalized spacial score (nSPS) is 21.1. The Bertz CT molecular complexity index is 853. The Morgan fingerprint density at radius 3 is 2.43 bits per heavy atom. The number of halogens is 4. The van der Waals surface area contributed by atoms with Gasteiger partial charge in [-0.05, 0) is 52.3 Å². The topological polar surface area (TPSA) is 75.7 Å². The Labute approximate surface area is 167 Å². The number of ether oxygens (including phenoxy) is 1. The number of benzene rings is 1. The predicted molar refractivity (Wildman–Crippen MR) is 97.6 cm³/mol. The van der Waals surface area contributed by atoms with Crippen LogP contribution in [-0.2, 0) is 20.9 Å². The van der Waals surface area contributed by atoms with Crippen LogP contribution in [0.25, 0.3) is 0 Å². The molecule has 1 aliphatic heterocycles. The molecule has 0 bridgehead atoms. The van der Waals surface area contributed by atoms with E-state index in [1.165, 1.54) is 4.90 Å². The van der Waals surface area contributed by atoms with Gasteiger partial charge in [0.05, 0.1) is 10.6 Å². The molecule has 0 spiro atoms. The van der Waals surface area contributed by atoms with Gasteiger partial charge in [0.2, 0.25) is 10.0 Å². The first-order valence-electron chi connectivity index (χ1n) is 8.49. The molecule has 0 unspecified atom stereocenters. The molecule has 1 aromatic rings. The van der Waals surface area contributed by atoms with Crippen LogP contribution in [0.4, 0.5) is 18.0 Å². The van der Waals surface area contributed by atoms with Crippen LogP contribution in [0.2, 0.25) is 5.02 Å². The van der Waals surface area contributed by atoms with Gasteiger partial charge in [-0.1, -0.05) is 11.6 Å². The van der Waals surface area contributed by atoms with Gasteiger partial charge in [0.1, 0.15) is 10.5 Å². The Kier molecular flexibility index (Phi) is 6.28. The summed E-state index contributed by atoms with van der Waals surface area (Å²) in [7, 11) is -4.33. The van der Waals surface area contributed by atoms with E-state index in [0.717, 1.165) is 6.07 Å². The molecular formula is C17H22ClF3N2O4S. The Morgan fingerprint density at radius 1 is 1.29 bits per heavy atom. The third-order valence-corrected chi connectivity index (χ3v) is 6.07. The maximum absolute atomic E-state index is 12.9. The van der Waals surface area contributed by atoms with E-state index in [1.54, 1.807) is 27.7 Å². The number of nitrogens with one attached hydrogen (secondary N) is 1. The smallest absolute Gasteiger partial charge is 0.416 e. The van der Waals surface area contributed by atoms with E-state index >= 15 is 0 Å². The molecule has 1 saturated heterocycles. The van der Waals surface area contributed by atoms with Crippen molar-refractivity contribution in [3.05, 3.63) is 28.8 Å². The molecule has 0 aliphatic carbocycles. The highest BCUT2D eigenvalue weighted by Crippen LogP contribution is 2.33. The molecule has 11 heteroatoms. The molecule has 2 rings (SSSR count). The van der Waals surface area contributed by atoms with Gasteiger partial charge in [0.25, 0.3) is 0 Å². The zero-order valence-corrected chi connectivity index (χ0v) is 17.4. The number of likely N-dealkylation sites (tertiary alicyclic amines) is 1. The fourth-order valence-corrected chi connectivity index (χ4v) is 4.63. The van der Waals surface area contributed by atoms with Gasteiger partial charge in [0.15, 0.2) is 0 Å². The molecule has 2 atom stereocenters. The molecule has 1 heterocycles. The van der Waals surface area contributed by atoms with Crippen LogP contribution in [-0.4, -0.2) is 43.6 Å². The van der Waals surface area contributed by atoms with E-state index in [4.69, 9.17) is 16.3 Å². The van der Waals surface area contributed by atoms with E-state index in [-0.39, 0.29) is 24.0 Å². The summed E-state index contributed by atoms with van der Waals surface area (Å²) in [6.07, 6.45) is -5.00. The lowest BCUT2D eigenvalue weighted by Crippen LogP contribution is -2.41. The van der Waals surface area contributed by atoms with Gasteiger partial charge >= 0.3 is 12.3 Å². The van der Waals surface area contributed by atoms with E-state index < -0.39 is 44.4 Å². The lowest BCUT2D eigenvalue weighted by molar-refractivity contribution is -0.137. The molecule has 6 nitrogen and oxygen atoms in total. The van der Waals surface area contributed by atoms with Crippen LogP contribution >= 0.6 is 11.6 Å². The maximum atomic E-state index is 12.9. The van der Waals surface area contributed by atoms with Crippen molar-refractivity contribution in [1.82, 2.24) is 9.62 Å². The third-order valence-electron chi connectivity index (χ3n) is 4.07. The maximum Gasteiger partial charge on any atom is 0.416 e. The second kappa shape index (κ2) is 7.72. The van der Waals surface area contributed by atoms with Crippen molar-refractivity contribution in [2.75, 3.05) is 6.54 Å². The quantitative estimate of drug-likeness (QED) is 0.766. The third kappa shape index (κ3) is 5.51. The van der Waals surface area contributed by atoms with Crippen LogP contribution in [0, 0.1) is 0 Å². The number of nitrogens with zero attached hydrogens (tertiary/aromatic N) is 1. The number of rotatable bonds is 3. The fraction of sp³-hybridized carbons (Fsp3) is 0.588. The average molecular weight is 443 g/mol. The molecule has 28 heavy (non-hydrogen) atoms. The number of carbonyl (C=O) groups excluding carboxylic acids is 1. The van der Waals surface area contributed by atoms with Crippen molar-refractivity contribution < 1.29 is 31.1 Å². The molecule has 1 aliphatic rings. The zero-order chi connectivity index (χ0) is 21.5. The van der Waals surface area contributed by atoms with Crippen molar-refractivity contribution in [2.45, 2.75) is 62.9 Å². The Balaban J connectivity index is 2.19. The molecule has 158 valence electrons. The molecule has 1 fully saturated rings. The molecular weight excluding hydrogens is 421 g/mol. The number of hydrogen-bond donors (Lipinski definition) is 1. The largest absolute Gasteiger partial charge is 0.444 e. The summed E-state index contributed by atoms with van der Waals surface area (Å²) in [6, 6.07) is 1.11. The second-order valence-corrected chi connectivity index (χ2v) is 9.77. The SMILES string of the molecule is C[C@H]1C[C@@H](NS(=O)(=O)c2cc(C(F)(F)F)ccc2Cl)CN1C(=O)OC(C)(C)C. The molecule has 0 aromatic heterocycles. The molecule has 1 N–H and O–H groups in total. The van der Waals surface area contributed by atoms with Crippen molar-refractivity contribution >= 4 is 27.7 Å². The predicted octanol–water partition coefficient (Wildman–Crippen LogP) is 4.04. The van der Waals surface area contributed by atoms with Gasteiger partial charge in [-0.15, -0.1) is 0 Å². The van der Waals surface area contributed by atoms with Crippen LogP contribution < -0.4 is 4.72 Å². The number of carbonyl (C=O) groups is 1. The minimum Gasteiger partial charge on any atom is -0.444 e. The first kappa shape index (κ1) is 22.8. The fourth-order valence-electron chi connectivity index (χ4n) is 2.86. The van der Waals surface area contributed by atoms with Crippen molar-refractivity contribution in [3.8, 4) is 0 Å². The summed E-state index contributed by atoms with van der Waals surface area (Å²) >= 11 is 5.83. The van der Waals surface area contributed by atoms with Gasteiger partial charge in [-0.3, -0.25) is 0 Å². The average Bonchev–Trinajstić information content (AvgIpc) is 2.84. The second-order valence-electron chi connectivity index (χ2n) is 7.68. The molecule has 0 radical (unpaired) electrons. The van der Waals surface area contributed by atoms with Gasteiger partial charge < -0.3 is 9.64 Å². The number of hydrogen-bond acceptors (Lipinski definition) is 4. The standard InChI is InChI=1S/C17H22ClF3N2O4S/c1-10-7-12(9-23(10)15(24)27-16(2,3)4)22-28(25,26)14-8-11(17(19,20)21)5-6-13(14)18/h5-6,8,10,12,22H,7,9H2,1-4H3/t10-,12+/m0/s1. The van der Waals surface area contributed by atoms with Crippen LogP contribution in [0.1, 0.15) is 39.7 Å². The highest BCUT2D eigenvalue weighted by molar-refractivity contribution is 7.89. The van der Waals surface area contributed by atoms with Gasteiger partial charge in [-0.25, -0.2) is 17.9 Å². The lowest BCUT2D eigenvalue weighted by atomic mass is 10.2. The van der Waals surface area contributed by atoms with E-state index in [9.17, 15) is 26.4 Å². The Hall–Kier alpha value is -1.52. The first-order valence-corrected chi connectivity index (χ1v) is 10.3. The summed E-state index contributed by atoms with van der Waals surface area (Å²) in [5.74, 6) is 0. The summed E-state index contributed by atoms with van der Waals surface area (Å²) in [5.41, 5.74) is -1.83. The highest BCUT2D eigenvalue weighted by Gasteiger charge is 2.38. The van der Waals surface area contributed by atoms with Crippen molar-refractivity contribution in [3.63, 3.8) is 0 Å². The lowest BCUT2D eigenvalue weighted by Gasteiger charge is -2.27. The zero-order valence-electron chi connectivity index (χ0n) is 15.8. The van der Waals surface area contributed by atoms with Gasteiger partial charge in [-0.2, -0.15) is 13.2 Å². The monoisotopic (exact) mass is 442 g/mol. The van der Waals surface area contributed by atoms with Crippen LogP contribution in [0.15, 0.2) is 23.1 Å². The summed E-state index contributed by atoms with van der Waals surface area (Å²) in [6.45, 7) is 6.89. The van der Waals surface area contributed by atoms with Crippen LogP contribution in [0.3, 0.4) is 0 Å². The minimum absolute atomic E-state index is 0.0336. The molecule has 0 saturated carbocycles.